The normalized spacial score (nSPS) is 11.9. The summed E-state index contributed by atoms with van der Waals surface area (Å²) in [6.45, 7) is 1.91. The molecule has 1 aromatic heterocycles. The van der Waals surface area contributed by atoms with Gasteiger partial charge in [-0.05, 0) is 36.8 Å². The lowest BCUT2D eigenvalue weighted by Gasteiger charge is -2.18. The molecule has 33 heavy (non-hydrogen) atoms. The van der Waals surface area contributed by atoms with Gasteiger partial charge in [0.25, 0.3) is 10.0 Å². The summed E-state index contributed by atoms with van der Waals surface area (Å²) in [4.78, 5) is 6.81. The second-order valence-corrected chi connectivity index (χ2v) is 10.2. The van der Waals surface area contributed by atoms with Crippen molar-refractivity contribution in [2.45, 2.75) is 11.8 Å². The van der Waals surface area contributed by atoms with Crippen molar-refractivity contribution in [1.29, 1.82) is 0 Å². The van der Waals surface area contributed by atoms with Crippen molar-refractivity contribution in [2.75, 3.05) is 24.3 Å². The van der Waals surface area contributed by atoms with E-state index in [1.165, 1.54) is 11.3 Å². The third kappa shape index (κ3) is 5.30. The first-order valence-corrected chi connectivity index (χ1v) is 12.6. The Morgan fingerprint density at radius 1 is 0.879 bits per heavy atom. The lowest BCUT2D eigenvalue weighted by atomic mass is 10.1. The summed E-state index contributed by atoms with van der Waals surface area (Å²) in [5, 5.41) is 3.82. The highest BCUT2D eigenvalue weighted by molar-refractivity contribution is 7.90. The predicted molar refractivity (Wildman–Crippen MR) is 136 cm³/mol. The van der Waals surface area contributed by atoms with Crippen LogP contribution in [0.5, 0.6) is 0 Å². The first kappa shape index (κ1) is 22.7. The predicted octanol–water partition coefficient (Wildman–Crippen LogP) is 5.22. The van der Waals surface area contributed by atoms with Gasteiger partial charge < -0.3 is 10.2 Å². The zero-order valence-corrected chi connectivity index (χ0v) is 20.2. The van der Waals surface area contributed by atoms with Crippen molar-refractivity contribution in [1.82, 2.24) is 4.98 Å². The number of aryl methyl sites for hydroxylation is 1. The van der Waals surface area contributed by atoms with E-state index in [1.807, 2.05) is 86.6 Å². The summed E-state index contributed by atoms with van der Waals surface area (Å²) in [5.74, 6) is 0.622. The maximum atomic E-state index is 13.2. The van der Waals surface area contributed by atoms with Gasteiger partial charge in [-0.25, -0.2) is 4.98 Å². The minimum absolute atomic E-state index is 0.153. The Hall–Kier alpha value is -3.49. The third-order valence-electron chi connectivity index (χ3n) is 4.87. The van der Waals surface area contributed by atoms with Gasteiger partial charge in [0, 0.05) is 19.8 Å². The van der Waals surface area contributed by atoms with Crippen molar-refractivity contribution in [3.05, 3.63) is 95.2 Å². The monoisotopic (exact) mass is 476 g/mol. The molecule has 0 radical (unpaired) electrons. The van der Waals surface area contributed by atoms with Gasteiger partial charge in [0.1, 0.15) is 10.5 Å². The molecule has 0 bridgehead atoms. The molecular formula is C25H24N4O2S2. The fourth-order valence-corrected chi connectivity index (χ4v) is 5.36. The lowest BCUT2D eigenvalue weighted by Crippen LogP contribution is -2.19. The van der Waals surface area contributed by atoms with Crippen LogP contribution < -0.4 is 14.9 Å². The SMILES string of the molecule is Cc1ccc(S(=O)(=O)/N=c2\sc(Nc3ccccc3)nc(N(C)C)c2-c2ccccc2)cc1. The maximum absolute atomic E-state index is 13.2. The standard InChI is InChI=1S/C25H24N4O2S2/c1-18-14-16-21(17-15-18)33(30,31)28-24-22(19-10-6-4-7-11-19)23(29(2)3)27-25(32-24)26-20-12-8-5-9-13-20/h4-17H,1-3H3,(H,26,27)/b28-24-. The molecule has 1 N–H and O–H groups in total. The summed E-state index contributed by atoms with van der Waals surface area (Å²) in [5.41, 5.74) is 3.34. The van der Waals surface area contributed by atoms with Crippen molar-refractivity contribution in [2.24, 2.45) is 4.40 Å². The number of rotatable bonds is 6. The van der Waals surface area contributed by atoms with Crippen LogP contribution in [0.1, 0.15) is 5.56 Å². The van der Waals surface area contributed by atoms with E-state index >= 15 is 0 Å². The quantitative estimate of drug-likeness (QED) is 0.413. The molecule has 1 heterocycles. The summed E-state index contributed by atoms with van der Waals surface area (Å²) in [6, 6.07) is 25.9. The molecule has 168 valence electrons. The topological polar surface area (TPSA) is 74.7 Å². The molecule has 0 aliphatic rings. The molecule has 6 nitrogen and oxygen atoms in total. The largest absolute Gasteiger partial charge is 0.362 e. The molecule has 0 atom stereocenters. The van der Waals surface area contributed by atoms with Gasteiger partial charge in [0.2, 0.25) is 0 Å². The molecule has 4 rings (SSSR count). The van der Waals surface area contributed by atoms with Crippen LogP contribution >= 0.6 is 11.3 Å². The van der Waals surface area contributed by atoms with Gasteiger partial charge in [-0.3, -0.25) is 0 Å². The average Bonchev–Trinajstić information content (AvgIpc) is 2.80. The first-order valence-electron chi connectivity index (χ1n) is 10.3. The van der Waals surface area contributed by atoms with Crippen LogP contribution in [-0.2, 0) is 10.0 Å². The zero-order chi connectivity index (χ0) is 23.4. The van der Waals surface area contributed by atoms with Gasteiger partial charge in [0.15, 0.2) is 5.13 Å². The maximum Gasteiger partial charge on any atom is 0.283 e. The van der Waals surface area contributed by atoms with Crippen molar-refractivity contribution in [3.63, 3.8) is 0 Å². The molecule has 0 aliphatic heterocycles. The molecule has 8 heteroatoms. The molecule has 0 spiro atoms. The molecule has 3 aromatic carbocycles. The van der Waals surface area contributed by atoms with E-state index < -0.39 is 10.0 Å². The molecule has 0 saturated carbocycles. The summed E-state index contributed by atoms with van der Waals surface area (Å²) in [7, 11) is -0.173. The van der Waals surface area contributed by atoms with E-state index in [4.69, 9.17) is 4.98 Å². The van der Waals surface area contributed by atoms with Gasteiger partial charge in [0.05, 0.1) is 10.5 Å². The van der Waals surface area contributed by atoms with Crippen LogP contribution in [-0.4, -0.2) is 27.5 Å². The average molecular weight is 477 g/mol. The minimum Gasteiger partial charge on any atom is -0.362 e. The zero-order valence-electron chi connectivity index (χ0n) is 18.6. The van der Waals surface area contributed by atoms with Crippen molar-refractivity contribution in [3.8, 4) is 11.1 Å². The number of sulfonamides is 1. The highest BCUT2D eigenvalue weighted by atomic mass is 32.2. The Bertz CT molecular complexity index is 1420. The smallest absolute Gasteiger partial charge is 0.283 e. The second-order valence-electron chi connectivity index (χ2n) is 7.65. The Kier molecular flexibility index (Phi) is 6.57. The van der Waals surface area contributed by atoms with Gasteiger partial charge in [-0.1, -0.05) is 77.6 Å². The number of aromatic nitrogens is 1. The van der Waals surface area contributed by atoms with Crippen LogP contribution in [0.3, 0.4) is 0 Å². The molecule has 0 unspecified atom stereocenters. The van der Waals surface area contributed by atoms with Crippen LogP contribution in [0.4, 0.5) is 16.6 Å². The molecule has 0 aliphatic carbocycles. The van der Waals surface area contributed by atoms with Crippen LogP contribution in [0, 0.1) is 6.92 Å². The summed E-state index contributed by atoms with van der Waals surface area (Å²) >= 11 is 1.20. The first-order chi connectivity index (χ1) is 15.8. The summed E-state index contributed by atoms with van der Waals surface area (Å²) < 4.78 is 31.1. The van der Waals surface area contributed by atoms with Crippen LogP contribution in [0.2, 0.25) is 0 Å². The van der Waals surface area contributed by atoms with Crippen molar-refractivity contribution < 1.29 is 8.42 Å². The fourth-order valence-electron chi connectivity index (χ4n) is 3.23. The van der Waals surface area contributed by atoms with Crippen LogP contribution in [0.15, 0.2) is 94.2 Å². The Morgan fingerprint density at radius 3 is 2.09 bits per heavy atom. The van der Waals surface area contributed by atoms with E-state index in [-0.39, 0.29) is 4.90 Å². The minimum atomic E-state index is -3.93. The van der Waals surface area contributed by atoms with Gasteiger partial charge >= 0.3 is 0 Å². The van der Waals surface area contributed by atoms with E-state index in [0.29, 0.717) is 21.2 Å². The lowest BCUT2D eigenvalue weighted by molar-refractivity contribution is 0.597. The number of hydrogen-bond donors (Lipinski definition) is 1. The molecule has 0 fully saturated rings. The second kappa shape index (κ2) is 9.56. The van der Waals surface area contributed by atoms with E-state index in [9.17, 15) is 8.42 Å². The number of benzene rings is 3. The highest BCUT2D eigenvalue weighted by Gasteiger charge is 2.19. The molecule has 0 amide bonds. The summed E-state index contributed by atoms with van der Waals surface area (Å²) in [6.07, 6.45) is 0. The third-order valence-corrected chi connectivity index (χ3v) is 7.15. The van der Waals surface area contributed by atoms with Crippen LogP contribution in [0.25, 0.3) is 11.1 Å². The number of para-hydroxylation sites is 1. The molecule has 4 aromatic rings. The Morgan fingerprint density at radius 2 is 1.48 bits per heavy atom. The van der Waals surface area contributed by atoms with Gasteiger partial charge in [-0.2, -0.15) is 8.42 Å². The fraction of sp³-hybridized carbons (Fsp3) is 0.120. The molecule has 0 saturated heterocycles. The number of nitrogens with zero attached hydrogens (tertiary/aromatic N) is 3. The number of nitrogens with one attached hydrogen (secondary N) is 1. The molecular weight excluding hydrogens is 452 g/mol. The number of anilines is 3. The highest BCUT2D eigenvalue weighted by Crippen LogP contribution is 2.30. The van der Waals surface area contributed by atoms with Crippen molar-refractivity contribution >= 4 is 38.0 Å². The van der Waals surface area contributed by atoms with Gasteiger partial charge in [-0.15, -0.1) is 4.40 Å². The van der Waals surface area contributed by atoms with E-state index in [0.717, 1.165) is 16.8 Å². The Labute approximate surface area is 198 Å². The Balaban J connectivity index is 1.97. The van der Waals surface area contributed by atoms with E-state index in [2.05, 4.69) is 9.71 Å². The van der Waals surface area contributed by atoms with E-state index in [1.54, 1.807) is 24.3 Å². The number of hydrogen-bond acceptors (Lipinski definition) is 6.